The van der Waals surface area contributed by atoms with Gasteiger partial charge >= 0.3 is 0 Å². The first-order chi connectivity index (χ1) is 28.2. The Morgan fingerprint density at radius 2 is 0.509 bits per heavy atom. The summed E-state index contributed by atoms with van der Waals surface area (Å²) < 4.78 is 0. The lowest BCUT2D eigenvalue weighted by molar-refractivity contribution is 1.25. The smallest absolute Gasteiger partial charge is 0.0618 e. The predicted molar refractivity (Wildman–Crippen MR) is 243 cm³/mol. The van der Waals surface area contributed by atoms with Gasteiger partial charge in [-0.2, -0.15) is 0 Å². The standard InChI is InChI=1S/C54H39ClN2/c55-44-37-47(56(45-29-15-5-16-30-45)53-49(40-21-7-1-8-22-40)33-19-34-50(53)41-23-9-2-10-24-41)39-48(38-44)57(46-31-17-6-18-32-46)54-51(42-25-11-3-12-26-42)35-20-36-52(54)43-27-13-4-14-28-43/h1-39H. The van der Waals surface area contributed by atoms with Crippen LogP contribution in [0.5, 0.6) is 0 Å². The van der Waals surface area contributed by atoms with E-state index in [1.807, 2.05) is 0 Å². The van der Waals surface area contributed by atoms with Crippen molar-refractivity contribution in [2.75, 3.05) is 9.80 Å². The summed E-state index contributed by atoms with van der Waals surface area (Å²) in [5.41, 5.74) is 15.0. The number of para-hydroxylation sites is 4. The predicted octanol–water partition coefficient (Wildman–Crippen LogP) is 15.9. The van der Waals surface area contributed by atoms with Crippen LogP contribution in [-0.4, -0.2) is 0 Å². The van der Waals surface area contributed by atoms with Crippen molar-refractivity contribution in [1.29, 1.82) is 0 Å². The molecule has 2 nitrogen and oxygen atoms in total. The van der Waals surface area contributed by atoms with Crippen LogP contribution in [0.1, 0.15) is 0 Å². The molecular weight excluding hydrogens is 712 g/mol. The van der Waals surface area contributed by atoms with Crippen LogP contribution >= 0.6 is 11.6 Å². The van der Waals surface area contributed by atoms with Gasteiger partial charge in [0.1, 0.15) is 0 Å². The van der Waals surface area contributed by atoms with Crippen LogP contribution in [0.3, 0.4) is 0 Å². The molecule has 0 atom stereocenters. The normalized spacial score (nSPS) is 10.9. The van der Waals surface area contributed by atoms with E-state index in [9.17, 15) is 0 Å². The maximum atomic E-state index is 7.36. The molecule has 0 heterocycles. The second-order valence-corrected chi connectivity index (χ2v) is 14.3. The second-order valence-electron chi connectivity index (χ2n) is 13.9. The van der Waals surface area contributed by atoms with Crippen molar-refractivity contribution in [2.45, 2.75) is 0 Å². The Morgan fingerprint density at radius 3 is 0.789 bits per heavy atom. The maximum Gasteiger partial charge on any atom is 0.0618 e. The maximum absolute atomic E-state index is 7.36. The van der Waals surface area contributed by atoms with E-state index in [0.29, 0.717) is 5.02 Å². The average Bonchev–Trinajstić information content (AvgIpc) is 3.28. The first-order valence-electron chi connectivity index (χ1n) is 19.2. The van der Waals surface area contributed by atoms with Gasteiger partial charge in [0.05, 0.1) is 11.4 Å². The molecule has 9 rings (SSSR count). The molecule has 0 saturated carbocycles. The van der Waals surface area contributed by atoms with Gasteiger partial charge in [-0.15, -0.1) is 0 Å². The van der Waals surface area contributed by atoms with Gasteiger partial charge in [0.25, 0.3) is 0 Å². The Balaban J connectivity index is 1.35. The van der Waals surface area contributed by atoms with Crippen molar-refractivity contribution in [1.82, 2.24) is 0 Å². The van der Waals surface area contributed by atoms with Crippen molar-refractivity contribution in [3.8, 4) is 44.5 Å². The minimum atomic E-state index is 0.626. The number of hydrogen-bond acceptors (Lipinski definition) is 2. The third kappa shape index (κ3) is 7.35. The summed E-state index contributed by atoms with van der Waals surface area (Å²) in [4.78, 5) is 4.73. The van der Waals surface area contributed by atoms with Crippen LogP contribution < -0.4 is 9.80 Å². The molecule has 0 radical (unpaired) electrons. The second kappa shape index (κ2) is 16.3. The number of anilines is 6. The molecule has 3 heteroatoms. The van der Waals surface area contributed by atoms with Crippen molar-refractivity contribution in [3.63, 3.8) is 0 Å². The highest BCUT2D eigenvalue weighted by Crippen LogP contribution is 2.51. The van der Waals surface area contributed by atoms with Gasteiger partial charge in [0.15, 0.2) is 0 Å². The molecule has 0 spiro atoms. The van der Waals surface area contributed by atoms with Gasteiger partial charge in [0.2, 0.25) is 0 Å². The van der Waals surface area contributed by atoms with Crippen LogP contribution in [-0.2, 0) is 0 Å². The molecular formula is C54H39ClN2. The Hall–Kier alpha value is -7.13. The van der Waals surface area contributed by atoms with Gasteiger partial charge in [-0.3, -0.25) is 0 Å². The number of nitrogens with zero attached hydrogens (tertiary/aromatic N) is 2. The molecule has 0 N–H and O–H groups in total. The number of halogens is 1. The quantitative estimate of drug-likeness (QED) is 0.137. The Bertz CT molecular complexity index is 2420. The van der Waals surface area contributed by atoms with E-state index in [1.54, 1.807) is 0 Å². The molecule has 0 aromatic heterocycles. The molecule has 9 aromatic carbocycles. The lowest BCUT2D eigenvalue weighted by Crippen LogP contribution is -2.16. The van der Waals surface area contributed by atoms with E-state index < -0.39 is 0 Å². The highest BCUT2D eigenvalue weighted by Gasteiger charge is 2.26. The van der Waals surface area contributed by atoms with Crippen molar-refractivity contribution < 1.29 is 0 Å². The number of hydrogen-bond donors (Lipinski definition) is 0. The van der Waals surface area contributed by atoms with Gasteiger partial charge < -0.3 is 9.80 Å². The minimum absolute atomic E-state index is 0.626. The van der Waals surface area contributed by atoms with Crippen molar-refractivity contribution in [3.05, 3.63) is 242 Å². The molecule has 0 amide bonds. The van der Waals surface area contributed by atoms with Gasteiger partial charge in [-0.05, 0) is 64.7 Å². The zero-order valence-electron chi connectivity index (χ0n) is 31.3. The van der Waals surface area contributed by atoms with Gasteiger partial charge in [0, 0.05) is 50.0 Å². The summed E-state index contributed by atoms with van der Waals surface area (Å²) in [6, 6.07) is 83.4. The molecule has 0 bridgehead atoms. The lowest BCUT2D eigenvalue weighted by Gasteiger charge is -2.33. The van der Waals surface area contributed by atoms with E-state index in [4.69, 9.17) is 11.6 Å². The van der Waals surface area contributed by atoms with E-state index >= 15 is 0 Å². The Labute approximate surface area is 340 Å². The summed E-state index contributed by atoms with van der Waals surface area (Å²) in [6.45, 7) is 0. The van der Waals surface area contributed by atoms with Crippen LogP contribution in [0.2, 0.25) is 5.02 Å². The van der Waals surface area contributed by atoms with Crippen molar-refractivity contribution >= 4 is 45.7 Å². The van der Waals surface area contributed by atoms with E-state index in [0.717, 1.165) is 78.6 Å². The zero-order valence-corrected chi connectivity index (χ0v) is 32.0. The van der Waals surface area contributed by atoms with Crippen LogP contribution in [0.15, 0.2) is 237 Å². The molecule has 272 valence electrons. The van der Waals surface area contributed by atoms with E-state index in [-0.39, 0.29) is 0 Å². The Kier molecular flexibility index (Phi) is 10.2. The number of benzene rings is 9. The third-order valence-corrected chi connectivity index (χ3v) is 10.5. The third-order valence-electron chi connectivity index (χ3n) is 10.3. The first-order valence-corrected chi connectivity index (χ1v) is 19.6. The zero-order chi connectivity index (χ0) is 38.4. The molecule has 0 aliphatic carbocycles. The molecule has 0 aliphatic rings. The largest absolute Gasteiger partial charge is 0.309 e. The van der Waals surface area contributed by atoms with Crippen LogP contribution in [0.25, 0.3) is 44.5 Å². The fourth-order valence-corrected chi connectivity index (χ4v) is 7.98. The fraction of sp³-hybridized carbons (Fsp3) is 0. The summed E-state index contributed by atoms with van der Waals surface area (Å²) in [5.74, 6) is 0. The average molecular weight is 751 g/mol. The van der Waals surface area contributed by atoms with E-state index in [2.05, 4.69) is 246 Å². The molecule has 9 aromatic rings. The van der Waals surface area contributed by atoms with Crippen LogP contribution in [0.4, 0.5) is 34.1 Å². The highest BCUT2D eigenvalue weighted by atomic mass is 35.5. The summed E-state index contributed by atoms with van der Waals surface area (Å²) >= 11 is 7.36. The van der Waals surface area contributed by atoms with Gasteiger partial charge in [-0.25, -0.2) is 0 Å². The first kappa shape index (κ1) is 35.6. The molecule has 0 unspecified atom stereocenters. The Morgan fingerprint density at radius 1 is 0.246 bits per heavy atom. The highest BCUT2D eigenvalue weighted by molar-refractivity contribution is 6.31. The summed E-state index contributed by atoms with van der Waals surface area (Å²) in [7, 11) is 0. The lowest BCUT2D eigenvalue weighted by atomic mass is 9.93. The number of rotatable bonds is 10. The summed E-state index contributed by atoms with van der Waals surface area (Å²) in [6.07, 6.45) is 0. The van der Waals surface area contributed by atoms with E-state index in [1.165, 1.54) is 0 Å². The minimum Gasteiger partial charge on any atom is -0.309 e. The summed E-state index contributed by atoms with van der Waals surface area (Å²) in [5, 5.41) is 0.626. The molecule has 57 heavy (non-hydrogen) atoms. The van der Waals surface area contributed by atoms with Crippen molar-refractivity contribution in [2.24, 2.45) is 0 Å². The molecule has 0 fully saturated rings. The fourth-order valence-electron chi connectivity index (χ4n) is 7.76. The monoisotopic (exact) mass is 750 g/mol. The van der Waals surface area contributed by atoms with Gasteiger partial charge in [-0.1, -0.05) is 206 Å². The van der Waals surface area contributed by atoms with Crippen LogP contribution in [0, 0.1) is 0 Å². The topological polar surface area (TPSA) is 6.48 Å². The SMILES string of the molecule is Clc1cc(N(c2ccccc2)c2c(-c3ccccc3)cccc2-c2ccccc2)cc(N(c2ccccc2)c2c(-c3ccccc3)cccc2-c2ccccc2)c1. The molecule has 0 saturated heterocycles. The molecule has 0 aliphatic heterocycles.